The van der Waals surface area contributed by atoms with Gasteiger partial charge in [0.2, 0.25) is 0 Å². The quantitative estimate of drug-likeness (QED) is 0.485. The summed E-state index contributed by atoms with van der Waals surface area (Å²) in [5.74, 6) is 0.942. The zero-order valence-corrected chi connectivity index (χ0v) is 12.1. The van der Waals surface area contributed by atoms with Crippen LogP contribution in [0.15, 0.2) is 30.3 Å². The van der Waals surface area contributed by atoms with Crippen LogP contribution in [-0.2, 0) is 9.53 Å². The van der Waals surface area contributed by atoms with E-state index in [1.54, 1.807) is 24.3 Å². The Bertz CT molecular complexity index is 540. The molecule has 21 heavy (non-hydrogen) atoms. The van der Waals surface area contributed by atoms with E-state index in [-0.39, 0.29) is 5.60 Å². The molecule has 4 aliphatic carbocycles. The number of Topliss-reactive ketones (excluding diaryl/α,β-unsaturated/α-hetero) is 1. The minimum Gasteiger partial charge on any atom is -0.453 e. The van der Waals surface area contributed by atoms with Crippen LogP contribution in [0.2, 0.25) is 0 Å². The number of carbonyl (C=O) groups is 2. The summed E-state index contributed by atoms with van der Waals surface area (Å²) in [6.07, 6.45) is 6.78. The van der Waals surface area contributed by atoms with Gasteiger partial charge in [0.25, 0.3) is 5.78 Å². The number of hydrogen-bond acceptors (Lipinski definition) is 3. The lowest BCUT2D eigenvalue weighted by Gasteiger charge is -2.55. The summed E-state index contributed by atoms with van der Waals surface area (Å²) in [4.78, 5) is 24.5. The van der Waals surface area contributed by atoms with Gasteiger partial charge in [-0.3, -0.25) is 4.79 Å². The molecular formula is C18H20O3. The smallest absolute Gasteiger partial charge is 0.380 e. The Morgan fingerprint density at radius 2 is 1.43 bits per heavy atom. The molecule has 4 bridgehead atoms. The van der Waals surface area contributed by atoms with E-state index < -0.39 is 11.8 Å². The minimum atomic E-state index is -0.664. The molecule has 1 aromatic carbocycles. The van der Waals surface area contributed by atoms with Crippen LogP contribution in [-0.4, -0.2) is 17.4 Å². The predicted octanol–water partition coefficient (Wildman–Crippen LogP) is 3.38. The molecule has 0 aliphatic heterocycles. The van der Waals surface area contributed by atoms with E-state index in [4.69, 9.17) is 4.74 Å². The number of rotatable bonds is 3. The maximum atomic E-state index is 12.3. The standard InChI is InChI=1S/C18H20O3/c19-16(15-4-2-1-3-5-15)17(20)21-18-9-12-6-13(10-18)8-14(7-12)11-18/h1-5,12-14H,6-11H2. The second-order valence-corrected chi connectivity index (χ2v) is 7.19. The number of ketones is 1. The van der Waals surface area contributed by atoms with Gasteiger partial charge in [0.15, 0.2) is 0 Å². The molecule has 0 N–H and O–H groups in total. The summed E-state index contributed by atoms with van der Waals surface area (Å²) in [6, 6.07) is 8.71. The van der Waals surface area contributed by atoms with Gasteiger partial charge in [-0.05, 0) is 56.3 Å². The molecular weight excluding hydrogens is 264 g/mol. The number of benzene rings is 1. The highest BCUT2D eigenvalue weighted by atomic mass is 16.6. The van der Waals surface area contributed by atoms with Crippen LogP contribution in [0.5, 0.6) is 0 Å². The highest BCUT2D eigenvalue weighted by Gasteiger charge is 2.53. The molecule has 4 saturated carbocycles. The maximum absolute atomic E-state index is 12.3. The number of hydrogen-bond donors (Lipinski definition) is 0. The van der Waals surface area contributed by atoms with Crippen molar-refractivity contribution < 1.29 is 14.3 Å². The molecule has 3 heteroatoms. The summed E-state index contributed by atoms with van der Waals surface area (Å²) in [6.45, 7) is 0. The zero-order valence-electron chi connectivity index (χ0n) is 12.1. The molecule has 4 aliphatic rings. The average Bonchev–Trinajstić information content (AvgIpc) is 2.45. The monoisotopic (exact) mass is 284 g/mol. The first kappa shape index (κ1) is 13.1. The third kappa shape index (κ3) is 2.29. The van der Waals surface area contributed by atoms with Gasteiger partial charge in [-0.25, -0.2) is 4.79 Å². The van der Waals surface area contributed by atoms with Crippen molar-refractivity contribution >= 4 is 11.8 Å². The van der Waals surface area contributed by atoms with Gasteiger partial charge >= 0.3 is 5.97 Å². The molecule has 0 radical (unpaired) electrons. The van der Waals surface area contributed by atoms with Crippen molar-refractivity contribution in [2.75, 3.05) is 0 Å². The third-order valence-corrected chi connectivity index (χ3v) is 5.51. The van der Waals surface area contributed by atoms with Crippen LogP contribution in [0.1, 0.15) is 48.9 Å². The van der Waals surface area contributed by atoms with Crippen molar-refractivity contribution in [1.29, 1.82) is 0 Å². The van der Waals surface area contributed by atoms with E-state index in [2.05, 4.69) is 0 Å². The van der Waals surface area contributed by atoms with Crippen LogP contribution in [0, 0.1) is 17.8 Å². The fourth-order valence-electron chi connectivity index (χ4n) is 5.11. The molecule has 1 aromatic rings. The molecule has 110 valence electrons. The van der Waals surface area contributed by atoms with Crippen LogP contribution >= 0.6 is 0 Å². The molecule has 5 rings (SSSR count). The van der Waals surface area contributed by atoms with Gasteiger partial charge in [0.05, 0.1) is 0 Å². The second-order valence-electron chi connectivity index (χ2n) is 7.19. The second kappa shape index (κ2) is 4.69. The summed E-state index contributed by atoms with van der Waals surface area (Å²) < 4.78 is 5.78. The Kier molecular flexibility index (Phi) is 2.91. The summed E-state index contributed by atoms with van der Waals surface area (Å²) in [5.41, 5.74) is 0.0863. The summed E-state index contributed by atoms with van der Waals surface area (Å²) >= 11 is 0. The highest BCUT2D eigenvalue weighted by molar-refractivity contribution is 6.40. The van der Waals surface area contributed by atoms with E-state index in [9.17, 15) is 9.59 Å². The van der Waals surface area contributed by atoms with E-state index in [0.29, 0.717) is 23.3 Å². The van der Waals surface area contributed by atoms with Gasteiger partial charge < -0.3 is 4.74 Å². The zero-order chi connectivity index (χ0) is 14.4. The van der Waals surface area contributed by atoms with Crippen molar-refractivity contribution in [2.24, 2.45) is 17.8 Å². The van der Waals surface area contributed by atoms with Crippen molar-refractivity contribution in [3.8, 4) is 0 Å². The fraction of sp³-hybridized carbons (Fsp3) is 0.556. The van der Waals surface area contributed by atoms with E-state index in [1.165, 1.54) is 19.3 Å². The van der Waals surface area contributed by atoms with E-state index in [0.717, 1.165) is 19.3 Å². The van der Waals surface area contributed by atoms with Gasteiger partial charge in [0, 0.05) is 5.56 Å². The molecule has 0 atom stereocenters. The molecule has 4 fully saturated rings. The predicted molar refractivity (Wildman–Crippen MR) is 77.8 cm³/mol. The number of ether oxygens (including phenoxy) is 1. The lowest BCUT2D eigenvalue weighted by atomic mass is 9.54. The average molecular weight is 284 g/mol. The number of carbonyl (C=O) groups excluding carboxylic acids is 2. The molecule has 0 unspecified atom stereocenters. The Morgan fingerprint density at radius 3 is 1.95 bits per heavy atom. The first-order valence-electron chi connectivity index (χ1n) is 7.96. The van der Waals surface area contributed by atoms with Gasteiger partial charge in [-0.15, -0.1) is 0 Å². The van der Waals surface area contributed by atoms with E-state index >= 15 is 0 Å². The van der Waals surface area contributed by atoms with Gasteiger partial charge in [-0.2, -0.15) is 0 Å². The Balaban J connectivity index is 1.51. The first-order valence-corrected chi connectivity index (χ1v) is 7.96. The lowest BCUT2D eigenvalue weighted by Crippen LogP contribution is -2.53. The molecule has 0 aromatic heterocycles. The van der Waals surface area contributed by atoms with Crippen molar-refractivity contribution in [3.63, 3.8) is 0 Å². The number of esters is 1. The highest BCUT2D eigenvalue weighted by Crippen LogP contribution is 2.57. The fourth-order valence-corrected chi connectivity index (χ4v) is 5.11. The van der Waals surface area contributed by atoms with E-state index in [1.807, 2.05) is 6.07 Å². The van der Waals surface area contributed by atoms with Crippen molar-refractivity contribution in [3.05, 3.63) is 35.9 Å². The van der Waals surface area contributed by atoms with Crippen molar-refractivity contribution in [1.82, 2.24) is 0 Å². The summed E-state index contributed by atoms with van der Waals surface area (Å²) in [7, 11) is 0. The Labute approximate surface area is 124 Å². The van der Waals surface area contributed by atoms with Crippen molar-refractivity contribution in [2.45, 2.75) is 44.1 Å². The molecule has 0 saturated heterocycles. The molecule has 0 amide bonds. The van der Waals surface area contributed by atoms with Crippen LogP contribution < -0.4 is 0 Å². The molecule has 0 heterocycles. The first-order chi connectivity index (χ1) is 10.1. The normalized spacial score (nSPS) is 36.5. The SMILES string of the molecule is O=C(OC12CC3CC(CC(C3)C1)C2)C(=O)c1ccccc1. The lowest BCUT2D eigenvalue weighted by molar-refractivity contribution is -0.181. The van der Waals surface area contributed by atoms with Crippen LogP contribution in [0.4, 0.5) is 0 Å². The Morgan fingerprint density at radius 1 is 0.905 bits per heavy atom. The Hall–Kier alpha value is -1.64. The minimum absolute atomic E-state index is 0.337. The van der Waals surface area contributed by atoms with Crippen LogP contribution in [0.3, 0.4) is 0 Å². The van der Waals surface area contributed by atoms with Crippen LogP contribution in [0.25, 0.3) is 0 Å². The maximum Gasteiger partial charge on any atom is 0.380 e. The topological polar surface area (TPSA) is 43.4 Å². The summed E-state index contributed by atoms with van der Waals surface area (Å²) in [5, 5.41) is 0. The van der Waals surface area contributed by atoms with Gasteiger partial charge in [-0.1, -0.05) is 30.3 Å². The molecule has 3 nitrogen and oxygen atoms in total. The van der Waals surface area contributed by atoms with Gasteiger partial charge in [0.1, 0.15) is 5.60 Å². The largest absolute Gasteiger partial charge is 0.453 e. The molecule has 0 spiro atoms. The third-order valence-electron chi connectivity index (χ3n) is 5.51.